The molecule has 0 radical (unpaired) electrons. The van der Waals surface area contributed by atoms with Crippen molar-refractivity contribution in [1.29, 1.82) is 0 Å². The summed E-state index contributed by atoms with van der Waals surface area (Å²) >= 11 is 11.6. The van der Waals surface area contributed by atoms with Crippen molar-refractivity contribution in [2.45, 2.75) is 6.61 Å². The standard InChI is InChI=1S/C16H11Cl2N3O2/c17-14-8-12(4-6-19-14)22-10-11-2-1-3-16(21-11)23-13-5-7-20-15(18)9-13/h1-9H,10H2. The molecule has 0 saturated heterocycles. The topological polar surface area (TPSA) is 57.1 Å². The molecule has 0 aromatic carbocycles. The Morgan fingerprint density at radius 3 is 2.30 bits per heavy atom. The summed E-state index contributed by atoms with van der Waals surface area (Å²) < 4.78 is 11.3. The van der Waals surface area contributed by atoms with Crippen molar-refractivity contribution in [2.75, 3.05) is 0 Å². The van der Waals surface area contributed by atoms with Crippen molar-refractivity contribution in [3.63, 3.8) is 0 Å². The zero-order valence-corrected chi connectivity index (χ0v) is 13.3. The highest BCUT2D eigenvalue weighted by molar-refractivity contribution is 6.29. The van der Waals surface area contributed by atoms with Gasteiger partial charge in [0.15, 0.2) is 0 Å². The maximum absolute atomic E-state index is 5.83. The number of rotatable bonds is 5. The van der Waals surface area contributed by atoms with E-state index in [9.17, 15) is 0 Å². The summed E-state index contributed by atoms with van der Waals surface area (Å²) in [7, 11) is 0. The van der Waals surface area contributed by atoms with E-state index in [0.29, 0.717) is 27.7 Å². The lowest BCUT2D eigenvalue weighted by Crippen LogP contribution is -1.99. The smallest absolute Gasteiger partial charge is 0.219 e. The number of pyridine rings is 3. The third kappa shape index (κ3) is 4.55. The maximum atomic E-state index is 5.83. The van der Waals surface area contributed by atoms with Gasteiger partial charge in [0.1, 0.15) is 28.4 Å². The largest absolute Gasteiger partial charge is 0.487 e. The lowest BCUT2D eigenvalue weighted by Gasteiger charge is -2.08. The average molecular weight is 348 g/mol. The number of ether oxygens (including phenoxy) is 2. The van der Waals surface area contributed by atoms with Crippen molar-refractivity contribution < 1.29 is 9.47 Å². The minimum atomic E-state index is 0.286. The molecule has 3 aromatic heterocycles. The second kappa shape index (κ2) is 7.26. The summed E-state index contributed by atoms with van der Waals surface area (Å²) in [5, 5.41) is 0.735. The summed E-state index contributed by atoms with van der Waals surface area (Å²) in [4.78, 5) is 12.2. The van der Waals surface area contributed by atoms with Gasteiger partial charge in [0.2, 0.25) is 5.88 Å². The predicted molar refractivity (Wildman–Crippen MR) is 87.1 cm³/mol. The number of hydrogen-bond acceptors (Lipinski definition) is 5. The molecule has 0 fully saturated rings. The molecule has 0 bridgehead atoms. The first-order chi connectivity index (χ1) is 11.2. The van der Waals surface area contributed by atoms with E-state index in [0.717, 1.165) is 5.69 Å². The first-order valence-corrected chi connectivity index (χ1v) is 7.44. The Labute approximate surface area is 142 Å². The molecular formula is C16H11Cl2N3O2. The van der Waals surface area contributed by atoms with E-state index >= 15 is 0 Å². The van der Waals surface area contributed by atoms with Crippen molar-refractivity contribution >= 4 is 23.2 Å². The van der Waals surface area contributed by atoms with Gasteiger partial charge in [-0.3, -0.25) is 0 Å². The molecule has 7 heteroatoms. The fourth-order valence-electron chi connectivity index (χ4n) is 1.80. The zero-order chi connectivity index (χ0) is 16.1. The molecule has 3 heterocycles. The molecule has 5 nitrogen and oxygen atoms in total. The molecule has 23 heavy (non-hydrogen) atoms. The van der Waals surface area contributed by atoms with E-state index in [1.165, 1.54) is 0 Å². The van der Waals surface area contributed by atoms with Gasteiger partial charge >= 0.3 is 0 Å². The highest BCUT2D eigenvalue weighted by atomic mass is 35.5. The zero-order valence-electron chi connectivity index (χ0n) is 11.8. The molecule has 3 rings (SSSR count). The molecule has 0 spiro atoms. The molecule has 0 N–H and O–H groups in total. The molecule has 0 amide bonds. The Morgan fingerprint density at radius 2 is 1.57 bits per heavy atom. The SMILES string of the molecule is Clc1cc(OCc2cccc(Oc3ccnc(Cl)c3)n2)ccn1. The normalized spacial score (nSPS) is 10.3. The van der Waals surface area contributed by atoms with Crippen molar-refractivity contribution in [3.8, 4) is 17.4 Å². The van der Waals surface area contributed by atoms with E-state index in [1.807, 2.05) is 12.1 Å². The maximum Gasteiger partial charge on any atom is 0.219 e. The molecule has 0 aliphatic carbocycles. The van der Waals surface area contributed by atoms with Gasteiger partial charge in [-0.25, -0.2) is 15.0 Å². The van der Waals surface area contributed by atoms with E-state index < -0.39 is 0 Å². The van der Waals surface area contributed by atoms with Gasteiger partial charge in [-0.2, -0.15) is 0 Å². The van der Waals surface area contributed by atoms with E-state index in [1.54, 1.807) is 42.7 Å². The molecule has 3 aromatic rings. The molecule has 0 aliphatic rings. The van der Waals surface area contributed by atoms with Gasteiger partial charge in [0, 0.05) is 30.6 Å². The van der Waals surface area contributed by atoms with Crippen LogP contribution in [0, 0.1) is 0 Å². The van der Waals surface area contributed by atoms with Crippen LogP contribution in [0.1, 0.15) is 5.69 Å². The molecule has 0 saturated carbocycles. The van der Waals surface area contributed by atoms with Crippen molar-refractivity contribution in [2.24, 2.45) is 0 Å². The summed E-state index contributed by atoms with van der Waals surface area (Å²) in [6.45, 7) is 0.286. The van der Waals surface area contributed by atoms with E-state index in [4.69, 9.17) is 32.7 Å². The van der Waals surface area contributed by atoms with Gasteiger partial charge in [0.25, 0.3) is 0 Å². The van der Waals surface area contributed by atoms with Gasteiger partial charge in [-0.1, -0.05) is 29.3 Å². The van der Waals surface area contributed by atoms with Crippen LogP contribution >= 0.6 is 23.2 Å². The van der Waals surface area contributed by atoms with Crippen LogP contribution in [0.15, 0.2) is 54.9 Å². The van der Waals surface area contributed by atoms with Crippen LogP contribution in [0.2, 0.25) is 10.3 Å². The third-order valence-electron chi connectivity index (χ3n) is 2.79. The Kier molecular flexibility index (Phi) is 4.90. The Hall–Kier alpha value is -2.37. The van der Waals surface area contributed by atoms with Crippen LogP contribution in [-0.2, 0) is 6.61 Å². The fourth-order valence-corrected chi connectivity index (χ4v) is 2.12. The van der Waals surface area contributed by atoms with E-state index in [-0.39, 0.29) is 6.61 Å². The quantitative estimate of drug-likeness (QED) is 0.633. The molecule has 0 unspecified atom stereocenters. The second-order valence-corrected chi connectivity index (χ2v) is 5.26. The monoisotopic (exact) mass is 347 g/mol. The molecular weight excluding hydrogens is 337 g/mol. The minimum absolute atomic E-state index is 0.286. The number of nitrogens with zero attached hydrogens (tertiary/aromatic N) is 3. The molecule has 0 atom stereocenters. The van der Waals surface area contributed by atoms with Gasteiger partial charge in [-0.15, -0.1) is 0 Å². The molecule has 0 aliphatic heterocycles. The Morgan fingerprint density at radius 1 is 0.870 bits per heavy atom. The average Bonchev–Trinajstić information content (AvgIpc) is 2.53. The lowest BCUT2D eigenvalue weighted by molar-refractivity contribution is 0.299. The highest BCUT2D eigenvalue weighted by Gasteiger charge is 2.03. The van der Waals surface area contributed by atoms with Crippen LogP contribution < -0.4 is 9.47 Å². The lowest BCUT2D eigenvalue weighted by atomic mass is 10.3. The summed E-state index contributed by atoms with van der Waals surface area (Å²) in [6, 6.07) is 12.1. The summed E-state index contributed by atoms with van der Waals surface area (Å²) in [5.74, 6) is 1.64. The van der Waals surface area contributed by atoms with Crippen LogP contribution in [0.5, 0.6) is 17.4 Å². The Balaban J connectivity index is 1.67. The first kappa shape index (κ1) is 15.5. The van der Waals surface area contributed by atoms with Crippen LogP contribution in [0.25, 0.3) is 0 Å². The van der Waals surface area contributed by atoms with Gasteiger partial charge in [-0.05, 0) is 18.2 Å². The third-order valence-corrected chi connectivity index (χ3v) is 3.20. The van der Waals surface area contributed by atoms with Crippen LogP contribution in [0.3, 0.4) is 0 Å². The second-order valence-electron chi connectivity index (χ2n) is 4.49. The number of halogens is 2. The van der Waals surface area contributed by atoms with E-state index in [2.05, 4.69) is 15.0 Å². The van der Waals surface area contributed by atoms with Gasteiger partial charge < -0.3 is 9.47 Å². The number of hydrogen-bond donors (Lipinski definition) is 0. The summed E-state index contributed by atoms with van der Waals surface area (Å²) in [6.07, 6.45) is 3.15. The van der Waals surface area contributed by atoms with Gasteiger partial charge in [0.05, 0.1) is 5.69 Å². The Bertz CT molecular complexity index is 815. The van der Waals surface area contributed by atoms with Crippen LogP contribution in [0.4, 0.5) is 0 Å². The minimum Gasteiger partial charge on any atom is -0.487 e. The predicted octanol–water partition coefficient (Wildman–Crippen LogP) is 4.55. The molecule has 116 valence electrons. The van der Waals surface area contributed by atoms with Crippen molar-refractivity contribution in [3.05, 3.63) is 70.9 Å². The summed E-state index contributed by atoms with van der Waals surface area (Å²) in [5.41, 5.74) is 0.718. The number of aromatic nitrogens is 3. The highest BCUT2D eigenvalue weighted by Crippen LogP contribution is 2.22. The first-order valence-electron chi connectivity index (χ1n) is 6.69. The fraction of sp³-hybridized carbons (Fsp3) is 0.0625. The van der Waals surface area contributed by atoms with Crippen LogP contribution in [-0.4, -0.2) is 15.0 Å². The van der Waals surface area contributed by atoms with Crippen molar-refractivity contribution in [1.82, 2.24) is 15.0 Å².